The number of rotatable bonds is 5. The summed E-state index contributed by atoms with van der Waals surface area (Å²) in [5.74, 6) is -1.34. The first-order chi connectivity index (χ1) is 10.2. The zero-order valence-corrected chi connectivity index (χ0v) is 13.5. The predicted octanol–water partition coefficient (Wildman–Crippen LogP) is 2.12. The molecule has 0 aliphatic rings. The van der Waals surface area contributed by atoms with Gasteiger partial charge in [-0.15, -0.1) is 0 Å². The highest BCUT2D eigenvalue weighted by Crippen LogP contribution is 2.22. The third kappa shape index (κ3) is 4.59. The van der Waals surface area contributed by atoms with Crippen molar-refractivity contribution in [1.82, 2.24) is 5.32 Å². The van der Waals surface area contributed by atoms with Crippen molar-refractivity contribution in [2.75, 3.05) is 0 Å². The molecule has 0 heterocycles. The summed E-state index contributed by atoms with van der Waals surface area (Å²) in [6.07, 6.45) is 0.150. The lowest BCUT2D eigenvalue weighted by Gasteiger charge is -2.21. The van der Waals surface area contributed by atoms with E-state index in [9.17, 15) is 9.59 Å². The molecular weight excluding hydrogens is 278 g/mol. The highest BCUT2D eigenvalue weighted by molar-refractivity contribution is 5.97. The van der Waals surface area contributed by atoms with Crippen LogP contribution in [0.3, 0.4) is 0 Å². The van der Waals surface area contributed by atoms with Gasteiger partial charge in [0.05, 0.1) is 6.07 Å². The van der Waals surface area contributed by atoms with Crippen molar-refractivity contribution in [3.05, 3.63) is 35.4 Å². The molecule has 5 nitrogen and oxygen atoms in total. The van der Waals surface area contributed by atoms with Gasteiger partial charge in [0.1, 0.15) is 6.04 Å². The van der Waals surface area contributed by atoms with Crippen LogP contribution < -0.4 is 11.1 Å². The zero-order valence-electron chi connectivity index (χ0n) is 13.5. The molecule has 5 heteroatoms. The van der Waals surface area contributed by atoms with Crippen LogP contribution >= 0.6 is 0 Å². The van der Waals surface area contributed by atoms with Gasteiger partial charge in [-0.2, -0.15) is 5.26 Å². The van der Waals surface area contributed by atoms with E-state index in [-0.39, 0.29) is 23.7 Å². The topological polar surface area (TPSA) is 96.0 Å². The van der Waals surface area contributed by atoms with E-state index >= 15 is 0 Å². The molecule has 22 heavy (non-hydrogen) atoms. The first-order valence-corrected chi connectivity index (χ1v) is 7.24. The first-order valence-electron chi connectivity index (χ1n) is 7.24. The van der Waals surface area contributed by atoms with Crippen molar-refractivity contribution in [1.29, 1.82) is 5.26 Å². The van der Waals surface area contributed by atoms with Crippen molar-refractivity contribution in [2.24, 2.45) is 11.7 Å². The van der Waals surface area contributed by atoms with Crippen molar-refractivity contribution in [3.8, 4) is 6.07 Å². The summed E-state index contributed by atoms with van der Waals surface area (Å²) < 4.78 is 0. The van der Waals surface area contributed by atoms with Crippen LogP contribution in [0, 0.1) is 17.2 Å². The molecule has 1 rings (SSSR count). The van der Waals surface area contributed by atoms with Crippen molar-refractivity contribution in [2.45, 2.75) is 45.6 Å². The van der Waals surface area contributed by atoms with Gasteiger partial charge >= 0.3 is 0 Å². The summed E-state index contributed by atoms with van der Waals surface area (Å²) in [7, 11) is 0. The Morgan fingerprint density at radius 1 is 1.27 bits per heavy atom. The molecule has 2 atom stereocenters. The number of amides is 2. The van der Waals surface area contributed by atoms with Crippen LogP contribution in [0.1, 0.15) is 50.0 Å². The maximum atomic E-state index is 12.2. The van der Waals surface area contributed by atoms with E-state index in [1.807, 2.05) is 18.2 Å². The molecular formula is C17H23N3O2. The highest BCUT2D eigenvalue weighted by atomic mass is 16.2. The number of primary amides is 1. The van der Waals surface area contributed by atoms with Gasteiger partial charge in [0, 0.05) is 12.0 Å². The number of nitrogens with two attached hydrogens (primary N) is 1. The summed E-state index contributed by atoms with van der Waals surface area (Å²) >= 11 is 0. The molecule has 0 radical (unpaired) electrons. The third-order valence-corrected chi connectivity index (χ3v) is 3.59. The van der Waals surface area contributed by atoms with Gasteiger partial charge in [-0.25, -0.2) is 0 Å². The molecule has 3 N–H and O–H groups in total. The second-order valence-electron chi connectivity index (χ2n) is 6.52. The Bertz CT molecular complexity index is 579. The minimum Gasteiger partial charge on any atom is -0.368 e. The average molecular weight is 301 g/mol. The molecule has 118 valence electrons. The van der Waals surface area contributed by atoms with Crippen LogP contribution in [-0.4, -0.2) is 17.9 Å². The quantitative estimate of drug-likeness (QED) is 0.871. The van der Waals surface area contributed by atoms with Gasteiger partial charge in [-0.1, -0.05) is 39.8 Å². The van der Waals surface area contributed by atoms with E-state index in [0.717, 1.165) is 5.56 Å². The molecule has 0 unspecified atom stereocenters. The van der Waals surface area contributed by atoms with Gasteiger partial charge in [0.2, 0.25) is 5.91 Å². The smallest absolute Gasteiger partial charge is 0.251 e. The number of nitriles is 1. The lowest BCUT2D eigenvalue weighted by molar-refractivity contribution is -0.120. The van der Waals surface area contributed by atoms with E-state index in [1.165, 1.54) is 0 Å². The molecule has 0 saturated heterocycles. The Morgan fingerprint density at radius 3 is 2.23 bits per heavy atom. The lowest BCUT2D eigenvalue weighted by Crippen LogP contribution is -2.48. The normalized spacial score (nSPS) is 13.8. The number of carbonyl (C=O) groups is 2. The van der Waals surface area contributed by atoms with E-state index in [2.05, 4.69) is 26.1 Å². The average Bonchev–Trinajstić information content (AvgIpc) is 2.43. The fraction of sp³-hybridized carbons (Fsp3) is 0.471. The monoisotopic (exact) mass is 301 g/mol. The van der Waals surface area contributed by atoms with Crippen molar-refractivity contribution < 1.29 is 9.59 Å². The molecule has 0 aromatic heterocycles. The number of nitrogens with zero attached hydrogens (tertiary/aromatic N) is 1. The lowest BCUT2D eigenvalue weighted by atomic mass is 9.86. The first kappa shape index (κ1) is 17.7. The van der Waals surface area contributed by atoms with Crippen LogP contribution in [0.15, 0.2) is 24.3 Å². The fourth-order valence-electron chi connectivity index (χ4n) is 2.10. The molecule has 1 aromatic carbocycles. The van der Waals surface area contributed by atoms with Gasteiger partial charge in [0.25, 0.3) is 5.91 Å². The van der Waals surface area contributed by atoms with Gasteiger partial charge in [0.15, 0.2) is 0 Å². The Kier molecular flexibility index (Phi) is 5.69. The molecule has 0 spiro atoms. The molecule has 0 saturated carbocycles. The molecule has 0 aliphatic heterocycles. The van der Waals surface area contributed by atoms with Crippen LogP contribution in [0.2, 0.25) is 0 Å². The van der Waals surface area contributed by atoms with E-state index < -0.39 is 11.9 Å². The van der Waals surface area contributed by atoms with Crippen LogP contribution in [0.25, 0.3) is 0 Å². The van der Waals surface area contributed by atoms with Crippen molar-refractivity contribution >= 4 is 11.8 Å². The minimum absolute atomic E-state index is 0.00603. The van der Waals surface area contributed by atoms with E-state index in [1.54, 1.807) is 19.1 Å². The minimum atomic E-state index is -0.852. The van der Waals surface area contributed by atoms with Crippen LogP contribution in [0.4, 0.5) is 0 Å². The summed E-state index contributed by atoms with van der Waals surface area (Å²) in [5.41, 5.74) is 6.90. The number of hydrogen-bond acceptors (Lipinski definition) is 3. The Morgan fingerprint density at radius 2 is 1.82 bits per heavy atom. The van der Waals surface area contributed by atoms with Gasteiger partial charge in [-0.05, 0) is 29.0 Å². The van der Waals surface area contributed by atoms with Crippen molar-refractivity contribution in [3.63, 3.8) is 0 Å². The largest absolute Gasteiger partial charge is 0.368 e. The Labute approximate surface area is 131 Å². The molecule has 0 bridgehead atoms. The summed E-state index contributed by atoms with van der Waals surface area (Å²) in [4.78, 5) is 23.7. The zero-order chi connectivity index (χ0) is 16.9. The van der Waals surface area contributed by atoms with Crippen LogP contribution in [-0.2, 0) is 10.2 Å². The SMILES string of the molecule is C[C@H](CC#N)[C@H](NC(=O)c1ccc(C(C)(C)C)cc1)C(N)=O. The number of carbonyl (C=O) groups excluding carboxylic acids is 2. The van der Waals surface area contributed by atoms with E-state index in [4.69, 9.17) is 11.0 Å². The molecule has 2 amide bonds. The summed E-state index contributed by atoms with van der Waals surface area (Å²) in [5, 5.41) is 11.3. The predicted molar refractivity (Wildman–Crippen MR) is 85.0 cm³/mol. The molecule has 0 fully saturated rings. The van der Waals surface area contributed by atoms with Crippen LogP contribution in [0.5, 0.6) is 0 Å². The van der Waals surface area contributed by atoms with E-state index in [0.29, 0.717) is 5.56 Å². The van der Waals surface area contributed by atoms with Gasteiger partial charge in [-0.3, -0.25) is 9.59 Å². The number of nitrogens with one attached hydrogen (secondary N) is 1. The maximum absolute atomic E-state index is 12.2. The Balaban J connectivity index is 2.87. The third-order valence-electron chi connectivity index (χ3n) is 3.59. The fourth-order valence-corrected chi connectivity index (χ4v) is 2.10. The summed E-state index contributed by atoms with van der Waals surface area (Å²) in [6, 6.07) is 8.37. The summed E-state index contributed by atoms with van der Waals surface area (Å²) in [6.45, 7) is 7.99. The number of benzene rings is 1. The molecule has 0 aliphatic carbocycles. The maximum Gasteiger partial charge on any atom is 0.251 e. The molecule has 1 aromatic rings. The standard InChI is InChI=1S/C17H23N3O2/c1-11(9-10-18)14(15(19)21)20-16(22)12-5-7-13(8-6-12)17(2,3)4/h5-8,11,14H,9H2,1-4H3,(H2,19,21)(H,20,22)/t11-,14+/m1/s1. The highest BCUT2D eigenvalue weighted by Gasteiger charge is 2.25. The Hall–Kier alpha value is -2.35. The van der Waals surface area contributed by atoms with Gasteiger partial charge < -0.3 is 11.1 Å². The number of hydrogen-bond donors (Lipinski definition) is 2. The second kappa shape index (κ2) is 7.08. The second-order valence-corrected chi connectivity index (χ2v) is 6.52.